The predicted octanol–water partition coefficient (Wildman–Crippen LogP) is 1.65. The molecule has 1 unspecified atom stereocenters. The zero-order valence-electron chi connectivity index (χ0n) is 9.40. The third-order valence-electron chi connectivity index (χ3n) is 2.45. The Balaban J connectivity index is 3.03. The van der Waals surface area contributed by atoms with Crippen LogP contribution in [0.3, 0.4) is 0 Å². The van der Waals surface area contributed by atoms with Crippen LogP contribution in [0.2, 0.25) is 0 Å². The highest BCUT2D eigenvalue weighted by atomic mass is 32.2. The first kappa shape index (κ1) is 13.1. The zero-order valence-corrected chi connectivity index (χ0v) is 10.2. The van der Waals surface area contributed by atoms with Crippen molar-refractivity contribution in [2.45, 2.75) is 31.2 Å². The van der Waals surface area contributed by atoms with E-state index < -0.39 is 15.7 Å². The molecule has 0 heterocycles. The summed E-state index contributed by atoms with van der Waals surface area (Å²) in [5.74, 6) is -0.507. The van der Waals surface area contributed by atoms with Gasteiger partial charge in [0.2, 0.25) is 0 Å². The van der Waals surface area contributed by atoms with Gasteiger partial charge >= 0.3 is 0 Å². The molecule has 3 nitrogen and oxygen atoms in total. The van der Waals surface area contributed by atoms with E-state index in [0.717, 1.165) is 0 Å². The van der Waals surface area contributed by atoms with Crippen LogP contribution in [0.5, 0.6) is 0 Å². The molecule has 0 saturated carbocycles. The lowest BCUT2D eigenvalue weighted by molar-refractivity contribution is 0.582. The predicted molar refractivity (Wildman–Crippen MR) is 61.5 cm³/mol. The number of hydrogen-bond acceptors (Lipinski definition) is 3. The molecule has 0 radical (unpaired) electrons. The van der Waals surface area contributed by atoms with Gasteiger partial charge in [-0.05, 0) is 37.1 Å². The van der Waals surface area contributed by atoms with Gasteiger partial charge in [-0.15, -0.1) is 0 Å². The summed E-state index contributed by atoms with van der Waals surface area (Å²) in [4.78, 5) is 0.135. The maximum atomic E-state index is 13.0. The van der Waals surface area contributed by atoms with E-state index in [1.165, 1.54) is 25.1 Å². The van der Waals surface area contributed by atoms with Crippen LogP contribution in [0, 0.1) is 12.7 Å². The van der Waals surface area contributed by atoms with Gasteiger partial charge in [-0.25, -0.2) is 12.8 Å². The number of halogens is 1. The summed E-state index contributed by atoms with van der Waals surface area (Å²) in [5.41, 5.74) is 5.94. The van der Waals surface area contributed by atoms with Crippen LogP contribution in [-0.2, 0) is 9.84 Å². The fraction of sp³-hybridized carbons (Fsp3) is 0.455. The highest BCUT2D eigenvalue weighted by molar-refractivity contribution is 7.91. The largest absolute Gasteiger partial charge is 0.327 e. The molecule has 1 rings (SSSR count). The Morgan fingerprint density at radius 3 is 2.56 bits per heavy atom. The molecule has 1 aromatic carbocycles. The molecule has 0 aromatic heterocycles. The number of benzene rings is 1. The second kappa shape index (κ2) is 4.93. The van der Waals surface area contributed by atoms with Crippen molar-refractivity contribution in [2.75, 3.05) is 5.75 Å². The van der Waals surface area contributed by atoms with Gasteiger partial charge in [0, 0.05) is 6.04 Å². The Hall–Kier alpha value is -0.940. The Labute approximate surface area is 95.4 Å². The van der Waals surface area contributed by atoms with Crippen LogP contribution in [0.1, 0.15) is 18.9 Å². The third-order valence-corrected chi connectivity index (χ3v) is 4.29. The van der Waals surface area contributed by atoms with Crippen molar-refractivity contribution in [2.24, 2.45) is 5.73 Å². The number of hydrogen-bond donors (Lipinski definition) is 1. The molecule has 0 bridgehead atoms. The fourth-order valence-electron chi connectivity index (χ4n) is 1.31. The van der Waals surface area contributed by atoms with E-state index in [-0.39, 0.29) is 16.7 Å². The van der Waals surface area contributed by atoms with Crippen molar-refractivity contribution >= 4 is 9.84 Å². The number of rotatable bonds is 4. The van der Waals surface area contributed by atoms with Gasteiger partial charge in [0.15, 0.2) is 9.84 Å². The molecule has 0 aliphatic rings. The SMILES string of the molecule is CCC(N)CS(=O)(=O)c1ccc(F)c(C)c1. The van der Waals surface area contributed by atoms with Gasteiger partial charge < -0.3 is 5.73 Å². The molecular formula is C11H16FNO2S. The molecule has 5 heteroatoms. The van der Waals surface area contributed by atoms with Gasteiger partial charge in [-0.3, -0.25) is 0 Å². The summed E-state index contributed by atoms with van der Waals surface area (Å²) in [7, 11) is -3.40. The van der Waals surface area contributed by atoms with Crippen molar-refractivity contribution in [1.82, 2.24) is 0 Å². The molecule has 0 amide bonds. The molecule has 16 heavy (non-hydrogen) atoms. The van der Waals surface area contributed by atoms with Crippen LogP contribution < -0.4 is 5.73 Å². The number of sulfone groups is 1. The molecule has 1 aromatic rings. The highest BCUT2D eigenvalue weighted by Gasteiger charge is 2.18. The molecule has 0 fully saturated rings. The Bertz CT molecular complexity index is 471. The second-order valence-corrected chi connectivity index (χ2v) is 5.89. The van der Waals surface area contributed by atoms with Crippen LogP contribution in [0.4, 0.5) is 4.39 Å². The van der Waals surface area contributed by atoms with Crippen LogP contribution in [-0.4, -0.2) is 20.2 Å². The minimum atomic E-state index is -3.40. The van der Waals surface area contributed by atoms with E-state index >= 15 is 0 Å². The van der Waals surface area contributed by atoms with E-state index in [1.54, 1.807) is 0 Å². The Kier molecular flexibility index (Phi) is 4.04. The topological polar surface area (TPSA) is 60.2 Å². The minimum Gasteiger partial charge on any atom is -0.327 e. The summed E-state index contributed by atoms with van der Waals surface area (Å²) in [6.07, 6.45) is 0.597. The molecule has 0 spiro atoms. The Morgan fingerprint density at radius 2 is 2.06 bits per heavy atom. The van der Waals surface area contributed by atoms with Crippen molar-refractivity contribution < 1.29 is 12.8 Å². The minimum absolute atomic E-state index is 0.103. The maximum Gasteiger partial charge on any atom is 0.179 e. The highest BCUT2D eigenvalue weighted by Crippen LogP contribution is 2.16. The quantitative estimate of drug-likeness (QED) is 0.820. The molecule has 1 atom stereocenters. The van der Waals surface area contributed by atoms with Gasteiger partial charge in [0.05, 0.1) is 10.6 Å². The molecular weight excluding hydrogens is 229 g/mol. The van der Waals surface area contributed by atoms with Crippen molar-refractivity contribution in [3.8, 4) is 0 Å². The van der Waals surface area contributed by atoms with Crippen LogP contribution in [0.15, 0.2) is 23.1 Å². The number of nitrogens with two attached hydrogens (primary N) is 1. The third kappa shape index (κ3) is 3.02. The van der Waals surface area contributed by atoms with Crippen LogP contribution >= 0.6 is 0 Å². The van der Waals surface area contributed by atoms with Crippen molar-refractivity contribution in [3.63, 3.8) is 0 Å². The first-order chi connectivity index (χ1) is 7.36. The smallest absolute Gasteiger partial charge is 0.179 e. The van der Waals surface area contributed by atoms with Gasteiger partial charge in [-0.1, -0.05) is 6.92 Å². The van der Waals surface area contributed by atoms with E-state index in [2.05, 4.69) is 0 Å². The average Bonchev–Trinajstić information content (AvgIpc) is 2.21. The first-order valence-electron chi connectivity index (χ1n) is 5.11. The summed E-state index contributed by atoms with van der Waals surface area (Å²) in [6, 6.07) is 3.41. The van der Waals surface area contributed by atoms with Crippen molar-refractivity contribution in [3.05, 3.63) is 29.6 Å². The van der Waals surface area contributed by atoms with Crippen molar-refractivity contribution in [1.29, 1.82) is 0 Å². The normalized spacial score (nSPS) is 13.8. The summed E-state index contributed by atoms with van der Waals surface area (Å²) < 4.78 is 36.7. The lowest BCUT2D eigenvalue weighted by Crippen LogP contribution is -2.28. The first-order valence-corrected chi connectivity index (χ1v) is 6.76. The number of aryl methyl sites for hydroxylation is 1. The maximum absolute atomic E-state index is 13.0. The molecule has 0 saturated heterocycles. The molecule has 90 valence electrons. The van der Waals surface area contributed by atoms with E-state index in [1.807, 2.05) is 6.92 Å². The zero-order chi connectivity index (χ0) is 12.3. The van der Waals surface area contributed by atoms with Gasteiger partial charge in [-0.2, -0.15) is 0 Å². The molecule has 0 aliphatic heterocycles. The Morgan fingerprint density at radius 1 is 1.44 bits per heavy atom. The lowest BCUT2D eigenvalue weighted by atomic mass is 10.2. The molecule has 0 aliphatic carbocycles. The summed E-state index contributed by atoms with van der Waals surface area (Å²) in [5, 5.41) is 0. The lowest BCUT2D eigenvalue weighted by Gasteiger charge is -2.10. The standard InChI is InChI=1S/C11H16FNO2S/c1-3-9(13)7-16(14,15)10-4-5-11(12)8(2)6-10/h4-6,9H,3,7,13H2,1-2H3. The monoisotopic (exact) mass is 245 g/mol. The second-order valence-electron chi connectivity index (χ2n) is 3.86. The van der Waals surface area contributed by atoms with E-state index in [0.29, 0.717) is 12.0 Å². The van der Waals surface area contributed by atoms with Crippen LogP contribution in [0.25, 0.3) is 0 Å². The average molecular weight is 245 g/mol. The van der Waals surface area contributed by atoms with Gasteiger partial charge in [0.25, 0.3) is 0 Å². The summed E-state index contributed by atoms with van der Waals surface area (Å²) in [6.45, 7) is 3.37. The van der Waals surface area contributed by atoms with E-state index in [4.69, 9.17) is 5.73 Å². The fourth-order valence-corrected chi connectivity index (χ4v) is 2.93. The molecule has 2 N–H and O–H groups in total. The van der Waals surface area contributed by atoms with Gasteiger partial charge in [0.1, 0.15) is 5.82 Å². The summed E-state index contributed by atoms with van der Waals surface area (Å²) >= 11 is 0. The van der Waals surface area contributed by atoms with E-state index in [9.17, 15) is 12.8 Å².